The van der Waals surface area contributed by atoms with E-state index < -0.39 is 0 Å². The minimum Gasteiger partial charge on any atom is -0.376 e. The Labute approximate surface area is 162 Å². The molecule has 2 heterocycles. The van der Waals surface area contributed by atoms with Gasteiger partial charge in [-0.2, -0.15) is 0 Å². The van der Waals surface area contributed by atoms with Crippen molar-refractivity contribution in [2.45, 2.75) is 59.0 Å². The third kappa shape index (κ3) is 6.57. The molecule has 2 rings (SSSR count). The SMILES string of the molecule is CCCN(CCC)C(=O)CCN(CC1CCCO1)C(=O)c1cnc(C)cn1. The molecule has 150 valence electrons. The number of rotatable bonds is 10. The smallest absolute Gasteiger partial charge is 0.274 e. The molecule has 1 aromatic heterocycles. The molecule has 0 spiro atoms. The Bertz CT molecular complexity index is 594. The predicted octanol–water partition coefficient (Wildman–Crippen LogP) is 2.44. The van der Waals surface area contributed by atoms with E-state index in [1.54, 1.807) is 11.1 Å². The van der Waals surface area contributed by atoms with E-state index in [9.17, 15) is 9.59 Å². The Balaban J connectivity index is 2.03. The molecule has 0 N–H and O–H groups in total. The minimum absolute atomic E-state index is 0.0323. The highest BCUT2D eigenvalue weighted by Crippen LogP contribution is 2.15. The molecule has 7 nitrogen and oxygen atoms in total. The number of hydrogen-bond acceptors (Lipinski definition) is 5. The standard InChI is InChI=1S/C20H32N4O3/c1-4-9-23(10-5-2)19(25)8-11-24(15-17-7-6-12-27-17)20(26)18-14-21-16(3)13-22-18/h13-14,17H,4-12,15H2,1-3H3. The molecule has 1 unspecified atom stereocenters. The van der Waals surface area contributed by atoms with Gasteiger partial charge in [0.2, 0.25) is 5.91 Å². The van der Waals surface area contributed by atoms with E-state index in [2.05, 4.69) is 23.8 Å². The van der Waals surface area contributed by atoms with Gasteiger partial charge in [0.05, 0.1) is 18.0 Å². The van der Waals surface area contributed by atoms with Crippen LogP contribution in [0.3, 0.4) is 0 Å². The molecule has 1 aromatic rings. The monoisotopic (exact) mass is 376 g/mol. The lowest BCUT2D eigenvalue weighted by atomic mass is 10.2. The van der Waals surface area contributed by atoms with Gasteiger partial charge in [0.15, 0.2) is 0 Å². The van der Waals surface area contributed by atoms with E-state index in [4.69, 9.17) is 4.74 Å². The molecule has 0 saturated carbocycles. The molecule has 0 aliphatic carbocycles. The Kier molecular flexibility index (Phi) is 8.64. The lowest BCUT2D eigenvalue weighted by molar-refractivity contribution is -0.131. The van der Waals surface area contributed by atoms with Gasteiger partial charge in [-0.25, -0.2) is 4.98 Å². The molecular formula is C20H32N4O3. The Hall–Kier alpha value is -2.02. The first-order valence-corrected chi connectivity index (χ1v) is 10.0. The summed E-state index contributed by atoms with van der Waals surface area (Å²) in [7, 11) is 0. The number of carbonyl (C=O) groups is 2. The van der Waals surface area contributed by atoms with Crippen molar-refractivity contribution in [3.63, 3.8) is 0 Å². The van der Waals surface area contributed by atoms with Crippen LogP contribution in [0.25, 0.3) is 0 Å². The van der Waals surface area contributed by atoms with Crippen LogP contribution >= 0.6 is 0 Å². The van der Waals surface area contributed by atoms with E-state index in [-0.39, 0.29) is 17.9 Å². The van der Waals surface area contributed by atoms with Gasteiger partial charge in [0.1, 0.15) is 5.69 Å². The third-order valence-corrected chi connectivity index (χ3v) is 4.67. The highest BCUT2D eigenvalue weighted by Gasteiger charge is 2.25. The van der Waals surface area contributed by atoms with E-state index in [0.29, 0.717) is 25.2 Å². The molecule has 27 heavy (non-hydrogen) atoms. The van der Waals surface area contributed by atoms with Crippen molar-refractivity contribution in [2.75, 3.05) is 32.8 Å². The molecule has 1 aliphatic heterocycles. The Morgan fingerprint density at radius 2 is 1.85 bits per heavy atom. The molecule has 2 amide bonds. The molecule has 0 radical (unpaired) electrons. The van der Waals surface area contributed by atoms with Crippen LogP contribution < -0.4 is 0 Å². The van der Waals surface area contributed by atoms with Gasteiger partial charge < -0.3 is 14.5 Å². The number of carbonyl (C=O) groups excluding carboxylic acids is 2. The van der Waals surface area contributed by atoms with Crippen molar-refractivity contribution in [1.29, 1.82) is 0 Å². The van der Waals surface area contributed by atoms with Crippen LogP contribution in [0.15, 0.2) is 12.4 Å². The van der Waals surface area contributed by atoms with Gasteiger partial charge in [0, 0.05) is 45.4 Å². The fourth-order valence-corrected chi connectivity index (χ4v) is 3.26. The van der Waals surface area contributed by atoms with Crippen LogP contribution in [0.5, 0.6) is 0 Å². The summed E-state index contributed by atoms with van der Waals surface area (Å²) < 4.78 is 5.69. The number of aryl methyl sites for hydroxylation is 1. The van der Waals surface area contributed by atoms with Gasteiger partial charge in [0.25, 0.3) is 5.91 Å². The first-order valence-electron chi connectivity index (χ1n) is 10.0. The maximum absolute atomic E-state index is 12.9. The maximum Gasteiger partial charge on any atom is 0.274 e. The zero-order valence-electron chi connectivity index (χ0n) is 16.8. The molecule has 1 fully saturated rings. The van der Waals surface area contributed by atoms with Crippen molar-refractivity contribution in [3.05, 3.63) is 23.8 Å². The van der Waals surface area contributed by atoms with E-state index in [1.165, 1.54) is 6.20 Å². The second kappa shape index (κ2) is 11.0. The second-order valence-electron chi connectivity index (χ2n) is 7.06. The summed E-state index contributed by atoms with van der Waals surface area (Å²) in [5, 5.41) is 0. The maximum atomic E-state index is 12.9. The lowest BCUT2D eigenvalue weighted by Crippen LogP contribution is -2.41. The fraction of sp³-hybridized carbons (Fsp3) is 0.700. The predicted molar refractivity (Wildman–Crippen MR) is 103 cm³/mol. The Morgan fingerprint density at radius 1 is 1.11 bits per heavy atom. The summed E-state index contributed by atoms with van der Waals surface area (Å²) in [5.74, 6) is -0.0952. The number of amides is 2. The molecule has 7 heteroatoms. The summed E-state index contributed by atoms with van der Waals surface area (Å²) in [4.78, 5) is 37.5. The molecule has 0 aromatic carbocycles. The minimum atomic E-state index is -0.191. The highest BCUT2D eigenvalue weighted by molar-refractivity contribution is 5.92. The number of aromatic nitrogens is 2. The Morgan fingerprint density at radius 3 is 2.41 bits per heavy atom. The van der Waals surface area contributed by atoms with Crippen molar-refractivity contribution in [2.24, 2.45) is 0 Å². The first kappa shape index (κ1) is 21.3. The molecular weight excluding hydrogens is 344 g/mol. The summed E-state index contributed by atoms with van der Waals surface area (Å²) >= 11 is 0. The van der Waals surface area contributed by atoms with Crippen LogP contribution in [0.2, 0.25) is 0 Å². The first-order chi connectivity index (χ1) is 13.0. The van der Waals surface area contributed by atoms with Crippen molar-refractivity contribution in [3.8, 4) is 0 Å². The van der Waals surface area contributed by atoms with Gasteiger partial charge in [-0.3, -0.25) is 14.6 Å². The fourth-order valence-electron chi connectivity index (χ4n) is 3.26. The van der Waals surface area contributed by atoms with Gasteiger partial charge in [-0.05, 0) is 32.6 Å². The topological polar surface area (TPSA) is 75.6 Å². The second-order valence-corrected chi connectivity index (χ2v) is 7.06. The number of ether oxygens (including phenoxy) is 1. The highest BCUT2D eigenvalue weighted by atomic mass is 16.5. The largest absolute Gasteiger partial charge is 0.376 e. The molecule has 1 saturated heterocycles. The number of hydrogen-bond donors (Lipinski definition) is 0. The van der Waals surface area contributed by atoms with Crippen LogP contribution in [0.4, 0.5) is 0 Å². The quantitative estimate of drug-likeness (QED) is 0.627. The average Bonchev–Trinajstić information content (AvgIpc) is 3.18. The van der Waals surface area contributed by atoms with Gasteiger partial charge in [-0.1, -0.05) is 13.8 Å². The summed E-state index contributed by atoms with van der Waals surface area (Å²) in [6.45, 7) is 9.08. The summed E-state index contributed by atoms with van der Waals surface area (Å²) in [5.41, 5.74) is 1.08. The normalized spacial score (nSPS) is 16.3. The summed E-state index contributed by atoms with van der Waals surface area (Å²) in [6, 6.07) is 0. The third-order valence-electron chi connectivity index (χ3n) is 4.67. The van der Waals surface area contributed by atoms with Crippen LogP contribution in [-0.2, 0) is 9.53 Å². The zero-order chi connectivity index (χ0) is 19.6. The number of nitrogens with zero attached hydrogens (tertiary/aromatic N) is 4. The van der Waals surface area contributed by atoms with Crippen LogP contribution in [0.1, 0.15) is 62.1 Å². The van der Waals surface area contributed by atoms with Gasteiger partial charge >= 0.3 is 0 Å². The average molecular weight is 377 g/mol. The van der Waals surface area contributed by atoms with E-state index >= 15 is 0 Å². The molecule has 0 bridgehead atoms. The van der Waals surface area contributed by atoms with Crippen molar-refractivity contribution in [1.82, 2.24) is 19.8 Å². The lowest BCUT2D eigenvalue weighted by Gasteiger charge is -2.27. The van der Waals surface area contributed by atoms with Crippen molar-refractivity contribution >= 4 is 11.8 Å². The van der Waals surface area contributed by atoms with Crippen LogP contribution in [0, 0.1) is 6.92 Å². The van der Waals surface area contributed by atoms with E-state index in [0.717, 1.165) is 51.1 Å². The molecule has 1 atom stereocenters. The van der Waals surface area contributed by atoms with Gasteiger partial charge in [-0.15, -0.1) is 0 Å². The van der Waals surface area contributed by atoms with E-state index in [1.807, 2.05) is 11.8 Å². The van der Waals surface area contributed by atoms with Crippen molar-refractivity contribution < 1.29 is 14.3 Å². The zero-order valence-corrected chi connectivity index (χ0v) is 16.8. The summed E-state index contributed by atoms with van der Waals surface area (Å²) in [6.07, 6.45) is 7.26. The van der Waals surface area contributed by atoms with Crippen LogP contribution in [-0.4, -0.2) is 70.5 Å². The molecule has 1 aliphatic rings.